The molecule has 0 fully saturated rings. The highest BCUT2D eigenvalue weighted by molar-refractivity contribution is 9.10. The molecule has 0 aliphatic heterocycles. The zero-order valence-electron chi connectivity index (χ0n) is 11.4. The van der Waals surface area contributed by atoms with Crippen LogP contribution in [0, 0.1) is 0 Å². The first-order chi connectivity index (χ1) is 8.95. The molecule has 2 amide bonds. The average molecular weight is 328 g/mol. The van der Waals surface area contributed by atoms with Crippen LogP contribution >= 0.6 is 15.9 Å². The number of carbonyl (C=O) groups is 2. The summed E-state index contributed by atoms with van der Waals surface area (Å²) in [5.74, 6) is -0.324. The molecule has 19 heavy (non-hydrogen) atoms. The summed E-state index contributed by atoms with van der Waals surface area (Å²) in [5.41, 5.74) is 0.342. The fourth-order valence-corrected chi connectivity index (χ4v) is 1.86. The van der Waals surface area contributed by atoms with E-state index < -0.39 is 0 Å². The van der Waals surface area contributed by atoms with Gasteiger partial charge in [-0.3, -0.25) is 9.59 Å². The van der Waals surface area contributed by atoms with E-state index in [1.165, 1.54) is 9.80 Å². The molecule has 0 bridgehead atoms. The highest BCUT2D eigenvalue weighted by atomic mass is 79.9. The van der Waals surface area contributed by atoms with E-state index in [2.05, 4.69) is 20.9 Å². The van der Waals surface area contributed by atoms with Gasteiger partial charge in [-0.25, -0.2) is 4.98 Å². The van der Waals surface area contributed by atoms with Gasteiger partial charge < -0.3 is 9.80 Å². The van der Waals surface area contributed by atoms with Crippen LogP contribution in [0.15, 0.2) is 22.8 Å². The number of hydrogen-bond acceptors (Lipinski definition) is 3. The minimum Gasteiger partial charge on any atom is -0.347 e. The van der Waals surface area contributed by atoms with E-state index >= 15 is 0 Å². The third-order valence-corrected chi connectivity index (χ3v) is 2.98. The first kappa shape index (κ1) is 15.6. The van der Waals surface area contributed by atoms with Gasteiger partial charge in [-0.1, -0.05) is 13.0 Å². The van der Waals surface area contributed by atoms with E-state index in [9.17, 15) is 9.59 Å². The van der Waals surface area contributed by atoms with Gasteiger partial charge >= 0.3 is 0 Å². The fourth-order valence-electron chi connectivity index (χ4n) is 1.52. The summed E-state index contributed by atoms with van der Waals surface area (Å²) < 4.78 is 0.605. The van der Waals surface area contributed by atoms with E-state index in [4.69, 9.17) is 0 Å². The number of likely N-dealkylation sites (N-methyl/N-ethyl adjacent to an activating group) is 1. The molecule has 0 spiro atoms. The van der Waals surface area contributed by atoms with Gasteiger partial charge in [0, 0.05) is 20.6 Å². The SMILES string of the molecule is CCCN(CC(=O)N(C)C)C(=O)c1cccc(Br)n1. The Morgan fingerprint density at radius 2 is 2.00 bits per heavy atom. The van der Waals surface area contributed by atoms with Crippen LogP contribution in [0.3, 0.4) is 0 Å². The normalized spacial score (nSPS) is 10.1. The van der Waals surface area contributed by atoms with Crippen LogP contribution in [-0.2, 0) is 4.79 Å². The summed E-state index contributed by atoms with van der Waals surface area (Å²) in [7, 11) is 3.35. The molecule has 1 aromatic heterocycles. The smallest absolute Gasteiger partial charge is 0.272 e. The number of halogens is 1. The Labute approximate surface area is 121 Å². The second-order valence-corrected chi connectivity index (χ2v) is 5.17. The average Bonchev–Trinajstić information content (AvgIpc) is 2.37. The number of rotatable bonds is 5. The van der Waals surface area contributed by atoms with Gasteiger partial charge in [0.25, 0.3) is 5.91 Å². The van der Waals surface area contributed by atoms with Crippen molar-refractivity contribution in [1.82, 2.24) is 14.8 Å². The lowest BCUT2D eigenvalue weighted by Gasteiger charge is -2.23. The first-order valence-electron chi connectivity index (χ1n) is 6.07. The highest BCUT2D eigenvalue weighted by Gasteiger charge is 2.20. The zero-order chi connectivity index (χ0) is 14.4. The molecule has 0 saturated heterocycles. The van der Waals surface area contributed by atoms with Crippen molar-refractivity contribution in [3.8, 4) is 0 Å². The Bertz CT molecular complexity index is 463. The second-order valence-electron chi connectivity index (χ2n) is 4.36. The van der Waals surface area contributed by atoms with Gasteiger partial charge in [-0.2, -0.15) is 0 Å². The Balaban J connectivity index is 2.86. The Hall–Kier alpha value is -1.43. The number of carbonyl (C=O) groups excluding carboxylic acids is 2. The van der Waals surface area contributed by atoms with Crippen molar-refractivity contribution in [3.63, 3.8) is 0 Å². The molecule has 5 nitrogen and oxygen atoms in total. The summed E-state index contributed by atoms with van der Waals surface area (Å²) in [4.78, 5) is 31.2. The lowest BCUT2D eigenvalue weighted by Crippen LogP contribution is -2.41. The molecule has 0 radical (unpaired) electrons. The Morgan fingerprint density at radius 1 is 1.32 bits per heavy atom. The predicted octanol–water partition coefficient (Wildman–Crippen LogP) is 1.78. The quantitative estimate of drug-likeness (QED) is 0.775. The highest BCUT2D eigenvalue weighted by Crippen LogP contribution is 2.09. The third kappa shape index (κ3) is 4.63. The van der Waals surface area contributed by atoms with Gasteiger partial charge in [0.05, 0.1) is 0 Å². The minimum atomic E-state index is -0.224. The van der Waals surface area contributed by atoms with Crippen LogP contribution in [0.25, 0.3) is 0 Å². The van der Waals surface area contributed by atoms with Crippen molar-refractivity contribution >= 4 is 27.7 Å². The van der Waals surface area contributed by atoms with Crippen molar-refractivity contribution in [2.24, 2.45) is 0 Å². The number of pyridine rings is 1. The van der Waals surface area contributed by atoms with Crippen LogP contribution in [0.1, 0.15) is 23.8 Å². The third-order valence-electron chi connectivity index (χ3n) is 2.54. The van der Waals surface area contributed by atoms with E-state index in [0.717, 1.165) is 6.42 Å². The molecule has 0 aliphatic rings. The molecular formula is C13H18BrN3O2. The molecule has 1 heterocycles. The number of hydrogen-bond donors (Lipinski definition) is 0. The van der Waals surface area contributed by atoms with Gasteiger partial charge in [0.15, 0.2) is 0 Å². The monoisotopic (exact) mass is 327 g/mol. The molecule has 0 atom stereocenters. The van der Waals surface area contributed by atoms with E-state index in [1.54, 1.807) is 32.3 Å². The number of nitrogens with zero attached hydrogens (tertiary/aromatic N) is 3. The summed E-state index contributed by atoms with van der Waals surface area (Å²) in [6, 6.07) is 5.16. The lowest BCUT2D eigenvalue weighted by molar-refractivity contribution is -0.129. The van der Waals surface area contributed by atoms with Crippen LogP contribution in [0.4, 0.5) is 0 Å². The van der Waals surface area contributed by atoms with Gasteiger partial charge in [-0.05, 0) is 34.5 Å². The van der Waals surface area contributed by atoms with Gasteiger partial charge in [-0.15, -0.1) is 0 Å². The maximum Gasteiger partial charge on any atom is 0.272 e. The summed E-state index contributed by atoms with van der Waals surface area (Å²) in [6.45, 7) is 2.58. The Morgan fingerprint density at radius 3 is 2.53 bits per heavy atom. The van der Waals surface area contributed by atoms with Crippen molar-refractivity contribution in [3.05, 3.63) is 28.5 Å². The minimum absolute atomic E-state index is 0.0772. The summed E-state index contributed by atoms with van der Waals surface area (Å²) in [5, 5.41) is 0. The standard InChI is InChI=1S/C13H18BrN3O2/c1-4-8-17(9-12(18)16(2)3)13(19)10-6-5-7-11(14)15-10/h5-7H,4,8-9H2,1-3H3. The van der Waals surface area contributed by atoms with Crippen molar-refractivity contribution in [1.29, 1.82) is 0 Å². The van der Waals surface area contributed by atoms with Crippen LogP contribution in [0.2, 0.25) is 0 Å². The molecular weight excluding hydrogens is 310 g/mol. The first-order valence-corrected chi connectivity index (χ1v) is 6.87. The number of amides is 2. The van der Waals surface area contributed by atoms with E-state index in [1.807, 2.05) is 6.92 Å². The van der Waals surface area contributed by atoms with Crippen LogP contribution in [-0.4, -0.2) is 53.8 Å². The Kier molecular flexibility index (Phi) is 5.95. The fraction of sp³-hybridized carbons (Fsp3) is 0.462. The van der Waals surface area contributed by atoms with Crippen LogP contribution < -0.4 is 0 Å². The molecule has 0 aliphatic carbocycles. The number of aromatic nitrogens is 1. The van der Waals surface area contributed by atoms with Gasteiger partial charge in [0.1, 0.15) is 16.8 Å². The molecule has 1 aromatic rings. The molecule has 1 rings (SSSR count). The van der Waals surface area contributed by atoms with Crippen molar-refractivity contribution in [2.45, 2.75) is 13.3 Å². The lowest BCUT2D eigenvalue weighted by atomic mass is 10.3. The van der Waals surface area contributed by atoms with Crippen LogP contribution in [0.5, 0.6) is 0 Å². The maximum absolute atomic E-state index is 12.3. The maximum atomic E-state index is 12.3. The summed E-state index contributed by atoms with van der Waals surface area (Å²) >= 11 is 3.24. The topological polar surface area (TPSA) is 53.5 Å². The second kappa shape index (κ2) is 7.23. The van der Waals surface area contributed by atoms with Gasteiger partial charge in [0.2, 0.25) is 5.91 Å². The molecule has 0 aromatic carbocycles. The molecule has 0 saturated carbocycles. The largest absolute Gasteiger partial charge is 0.347 e. The van der Waals surface area contributed by atoms with Crippen molar-refractivity contribution < 1.29 is 9.59 Å². The predicted molar refractivity (Wildman–Crippen MR) is 76.8 cm³/mol. The van der Waals surface area contributed by atoms with E-state index in [-0.39, 0.29) is 18.4 Å². The molecule has 0 N–H and O–H groups in total. The zero-order valence-corrected chi connectivity index (χ0v) is 13.0. The molecule has 6 heteroatoms. The molecule has 0 unspecified atom stereocenters. The van der Waals surface area contributed by atoms with Crippen molar-refractivity contribution in [2.75, 3.05) is 27.2 Å². The van der Waals surface area contributed by atoms with E-state index in [0.29, 0.717) is 16.8 Å². The summed E-state index contributed by atoms with van der Waals surface area (Å²) in [6.07, 6.45) is 0.792. The molecule has 104 valence electrons.